The van der Waals surface area contributed by atoms with Crippen molar-refractivity contribution in [2.75, 3.05) is 6.54 Å². The minimum Gasteiger partial charge on any atom is -0.349 e. The molecule has 100 valence electrons. The van der Waals surface area contributed by atoms with Crippen molar-refractivity contribution in [3.63, 3.8) is 0 Å². The van der Waals surface area contributed by atoms with Crippen LogP contribution in [0.5, 0.6) is 0 Å². The van der Waals surface area contributed by atoms with Crippen molar-refractivity contribution >= 4 is 5.91 Å². The summed E-state index contributed by atoms with van der Waals surface area (Å²) in [5.41, 5.74) is 6.63. The summed E-state index contributed by atoms with van der Waals surface area (Å²) in [4.78, 5) is 12.0. The first kappa shape index (κ1) is 14.7. The van der Waals surface area contributed by atoms with Crippen molar-refractivity contribution in [2.24, 2.45) is 11.7 Å². The SMILES string of the molecule is CCC(NC(=O)C(C)CCCN)c1ccccc1. The number of nitrogens with one attached hydrogen (secondary N) is 1. The molecule has 0 saturated carbocycles. The highest BCUT2D eigenvalue weighted by atomic mass is 16.1. The second-order valence-electron chi connectivity index (χ2n) is 4.71. The average Bonchev–Trinajstić information content (AvgIpc) is 2.42. The van der Waals surface area contributed by atoms with E-state index in [0.29, 0.717) is 6.54 Å². The Kier molecular flexibility index (Phi) is 6.44. The first-order valence-electron chi connectivity index (χ1n) is 6.74. The molecule has 0 saturated heterocycles. The molecule has 0 bridgehead atoms. The highest BCUT2D eigenvalue weighted by Gasteiger charge is 2.17. The molecule has 1 aromatic carbocycles. The molecule has 0 heterocycles. The second kappa shape index (κ2) is 7.88. The van der Waals surface area contributed by atoms with Gasteiger partial charge in [0.05, 0.1) is 6.04 Å². The average molecular weight is 248 g/mol. The Bertz CT molecular complexity index is 351. The van der Waals surface area contributed by atoms with E-state index < -0.39 is 0 Å². The fourth-order valence-corrected chi connectivity index (χ4v) is 1.98. The van der Waals surface area contributed by atoms with Crippen molar-refractivity contribution in [1.82, 2.24) is 5.32 Å². The molecule has 2 unspecified atom stereocenters. The number of carbonyl (C=O) groups is 1. The predicted molar refractivity (Wildman–Crippen MR) is 75.1 cm³/mol. The Hall–Kier alpha value is -1.35. The van der Waals surface area contributed by atoms with Gasteiger partial charge in [-0.3, -0.25) is 4.79 Å². The third-order valence-corrected chi connectivity index (χ3v) is 3.22. The van der Waals surface area contributed by atoms with Gasteiger partial charge in [0.15, 0.2) is 0 Å². The Morgan fingerprint density at radius 1 is 1.33 bits per heavy atom. The number of benzene rings is 1. The van der Waals surface area contributed by atoms with Crippen molar-refractivity contribution in [3.8, 4) is 0 Å². The van der Waals surface area contributed by atoms with Gasteiger partial charge < -0.3 is 11.1 Å². The number of amides is 1. The van der Waals surface area contributed by atoms with E-state index in [1.165, 1.54) is 5.56 Å². The molecule has 0 spiro atoms. The van der Waals surface area contributed by atoms with Crippen LogP contribution in [0.15, 0.2) is 30.3 Å². The highest BCUT2D eigenvalue weighted by Crippen LogP contribution is 2.17. The minimum atomic E-state index is 0.0336. The van der Waals surface area contributed by atoms with Crippen LogP contribution in [0.2, 0.25) is 0 Å². The summed E-state index contributed by atoms with van der Waals surface area (Å²) in [6.07, 6.45) is 2.66. The van der Waals surface area contributed by atoms with Crippen LogP contribution in [0, 0.1) is 5.92 Å². The molecule has 0 radical (unpaired) electrons. The summed E-state index contributed by atoms with van der Waals surface area (Å²) in [6, 6.07) is 10.2. The smallest absolute Gasteiger partial charge is 0.223 e. The zero-order valence-corrected chi connectivity index (χ0v) is 11.4. The molecule has 0 aromatic heterocycles. The first-order valence-corrected chi connectivity index (χ1v) is 6.74. The Morgan fingerprint density at radius 2 is 2.00 bits per heavy atom. The molecule has 2 atom stereocenters. The molecule has 0 aliphatic carbocycles. The predicted octanol–water partition coefficient (Wildman–Crippen LogP) is 2.63. The van der Waals surface area contributed by atoms with Crippen molar-refractivity contribution in [2.45, 2.75) is 39.2 Å². The number of hydrogen-bond acceptors (Lipinski definition) is 2. The van der Waals surface area contributed by atoms with Crippen LogP contribution in [0.25, 0.3) is 0 Å². The van der Waals surface area contributed by atoms with Gasteiger partial charge >= 0.3 is 0 Å². The lowest BCUT2D eigenvalue weighted by atomic mass is 10.0. The van der Waals surface area contributed by atoms with Crippen LogP contribution in [-0.4, -0.2) is 12.5 Å². The van der Waals surface area contributed by atoms with Gasteiger partial charge in [0, 0.05) is 5.92 Å². The van der Waals surface area contributed by atoms with Gasteiger partial charge in [0.25, 0.3) is 0 Å². The van der Waals surface area contributed by atoms with Gasteiger partial charge in [-0.05, 0) is 31.4 Å². The summed E-state index contributed by atoms with van der Waals surface area (Å²) in [6.45, 7) is 4.69. The van der Waals surface area contributed by atoms with Crippen molar-refractivity contribution in [3.05, 3.63) is 35.9 Å². The van der Waals surface area contributed by atoms with E-state index >= 15 is 0 Å². The molecule has 0 aliphatic heterocycles. The van der Waals surface area contributed by atoms with E-state index in [1.54, 1.807) is 0 Å². The van der Waals surface area contributed by atoms with Crippen molar-refractivity contribution < 1.29 is 4.79 Å². The van der Waals surface area contributed by atoms with Crippen LogP contribution in [0.1, 0.15) is 44.7 Å². The molecule has 18 heavy (non-hydrogen) atoms. The molecule has 1 amide bonds. The van der Waals surface area contributed by atoms with E-state index in [2.05, 4.69) is 24.4 Å². The fraction of sp³-hybridized carbons (Fsp3) is 0.533. The maximum Gasteiger partial charge on any atom is 0.223 e. The third kappa shape index (κ3) is 4.49. The molecule has 0 aliphatic rings. The fourth-order valence-electron chi connectivity index (χ4n) is 1.98. The van der Waals surface area contributed by atoms with E-state index in [9.17, 15) is 4.79 Å². The van der Waals surface area contributed by atoms with Gasteiger partial charge in [0.1, 0.15) is 0 Å². The largest absolute Gasteiger partial charge is 0.349 e. The van der Waals surface area contributed by atoms with Crippen LogP contribution >= 0.6 is 0 Å². The first-order chi connectivity index (χ1) is 8.69. The zero-order valence-electron chi connectivity index (χ0n) is 11.4. The van der Waals surface area contributed by atoms with E-state index in [0.717, 1.165) is 19.3 Å². The van der Waals surface area contributed by atoms with Gasteiger partial charge in [-0.1, -0.05) is 44.2 Å². The Labute approximate surface area is 110 Å². The minimum absolute atomic E-state index is 0.0336. The van der Waals surface area contributed by atoms with E-state index in [-0.39, 0.29) is 17.9 Å². The van der Waals surface area contributed by atoms with Crippen molar-refractivity contribution in [1.29, 1.82) is 0 Å². The lowest BCUT2D eigenvalue weighted by molar-refractivity contribution is -0.125. The summed E-state index contributed by atoms with van der Waals surface area (Å²) in [5.74, 6) is 0.158. The van der Waals surface area contributed by atoms with E-state index in [1.807, 2.05) is 25.1 Å². The summed E-state index contributed by atoms with van der Waals surface area (Å²) < 4.78 is 0. The van der Waals surface area contributed by atoms with Gasteiger partial charge in [-0.15, -0.1) is 0 Å². The third-order valence-electron chi connectivity index (χ3n) is 3.22. The zero-order chi connectivity index (χ0) is 13.4. The molecular formula is C15H24N2O. The van der Waals surface area contributed by atoms with E-state index in [4.69, 9.17) is 5.73 Å². The quantitative estimate of drug-likeness (QED) is 0.779. The molecule has 0 fully saturated rings. The molecule has 1 rings (SSSR count). The number of hydrogen-bond donors (Lipinski definition) is 2. The lowest BCUT2D eigenvalue weighted by Crippen LogP contribution is -2.32. The second-order valence-corrected chi connectivity index (χ2v) is 4.71. The Morgan fingerprint density at radius 3 is 2.56 bits per heavy atom. The molecule has 3 nitrogen and oxygen atoms in total. The van der Waals surface area contributed by atoms with Gasteiger partial charge in [-0.2, -0.15) is 0 Å². The lowest BCUT2D eigenvalue weighted by Gasteiger charge is -2.20. The van der Waals surface area contributed by atoms with Gasteiger partial charge in [-0.25, -0.2) is 0 Å². The number of rotatable bonds is 7. The molecule has 1 aromatic rings. The van der Waals surface area contributed by atoms with Gasteiger partial charge in [0.2, 0.25) is 5.91 Å². The van der Waals surface area contributed by atoms with Crippen LogP contribution in [-0.2, 0) is 4.79 Å². The number of nitrogens with two attached hydrogens (primary N) is 1. The topological polar surface area (TPSA) is 55.1 Å². The monoisotopic (exact) mass is 248 g/mol. The molecule has 3 N–H and O–H groups in total. The molecule has 3 heteroatoms. The maximum atomic E-state index is 12.0. The maximum absolute atomic E-state index is 12.0. The molecular weight excluding hydrogens is 224 g/mol. The normalized spacial score (nSPS) is 13.9. The Balaban J connectivity index is 2.56. The standard InChI is InChI=1S/C15H24N2O/c1-3-14(13-9-5-4-6-10-13)17-15(18)12(2)8-7-11-16/h4-6,9-10,12,14H,3,7-8,11,16H2,1-2H3,(H,17,18). The summed E-state index contributed by atoms with van der Waals surface area (Å²) >= 11 is 0. The summed E-state index contributed by atoms with van der Waals surface area (Å²) in [5, 5.41) is 3.11. The number of carbonyl (C=O) groups excluding carboxylic acids is 1. The summed E-state index contributed by atoms with van der Waals surface area (Å²) in [7, 11) is 0. The van der Waals surface area contributed by atoms with Crippen LogP contribution in [0.4, 0.5) is 0 Å². The van der Waals surface area contributed by atoms with Crippen LogP contribution < -0.4 is 11.1 Å². The highest BCUT2D eigenvalue weighted by molar-refractivity contribution is 5.78. The van der Waals surface area contributed by atoms with Crippen LogP contribution in [0.3, 0.4) is 0 Å².